The zero-order chi connectivity index (χ0) is 21.5. The topological polar surface area (TPSA) is 93.8 Å². The summed E-state index contributed by atoms with van der Waals surface area (Å²) in [6, 6.07) is 18.4. The molecule has 30 heavy (non-hydrogen) atoms. The number of benzene rings is 3. The highest BCUT2D eigenvalue weighted by Crippen LogP contribution is 2.22. The Labute approximate surface area is 178 Å². The lowest BCUT2D eigenvalue weighted by molar-refractivity contribution is -0.385. The van der Waals surface area contributed by atoms with Crippen molar-refractivity contribution in [3.05, 3.63) is 104 Å². The molecule has 0 aromatic heterocycles. The first-order valence-corrected chi connectivity index (χ1v) is 9.36. The number of rotatable bonds is 7. The number of nitro groups is 1. The summed E-state index contributed by atoms with van der Waals surface area (Å²) in [5, 5.41) is 15.5. The van der Waals surface area contributed by atoms with Gasteiger partial charge < -0.3 is 4.74 Å². The minimum absolute atomic E-state index is 0.0873. The van der Waals surface area contributed by atoms with Crippen molar-refractivity contribution >= 4 is 29.4 Å². The summed E-state index contributed by atoms with van der Waals surface area (Å²) >= 11 is 6.00. The van der Waals surface area contributed by atoms with Crippen LogP contribution in [-0.2, 0) is 6.61 Å². The van der Waals surface area contributed by atoms with Gasteiger partial charge >= 0.3 is 0 Å². The summed E-state index contributed by atoms with van der Waals surface area (Å²) in [5.74, 6) is 0.286. The van der Waals surface area contributed by atoms with E-state index in [4.69, 9.17) is 16.3 Å². The predicted molar refractivity (Wildman–Crippen MR) is 115 cm³/mol. The molecule has 3 aromatic rings. The van der Waals surface area contributed by atoms with Crippen LogP contribution in [0.15, 0.2) is 71.8 Å². The number of para-hydroxylation sites is 1. The summed E-state index contributed by atoms with van der Waals surface area (Å²) in [7, 11) is 0. The maximum atomic E-state index is 12.2. The van der Waals surface area contributed by atoms with Gasteiger partial charge in [-0.3, -0.25) is 14.9 Å². The number of nitrogens with zero attached hydrogens (tertiary/aromatic N) is 2. The number of amides is 1. The Hall–Kier alpha value is -3.71. The van der Waals surface area contributed by atoms with Crippen molar-refractivity contribution in [2.45, 2.75) is 13.5 Å². The Morgan fingerprint density at radius 3 is 2.60 bits per heavy atom. The molecule has 0 unspecified atom stereocenters. The van der Waals surface area contributed by atoms with E-state index in [1.54, 1.807) is 54.6 Å². The number of hydrogen-bond acceptors (Lipinski definition) is 5. The molecule has 0 heterocycles. The molecule has 0 saturated carbocycles. The van der Waals surface area contributed by atoms with Crippen LogP contribution in [0.4, 0.5) is 5.69 Å². The summed E-state index contributed by atoms with van der Waals surface area (Å²) in [6.45, 7) is 2.25. The fraction of sp³-hybridized carbons (Fsp3) is 0.0909. The Kier molecular flexibility index (Phi) is 6.77. The van der Waals surface area contributed by atoms with E-state index in [2.05, 4.69) is 10.5 Å². The summed E-state index contributed by atoms with van der Waals surface area (Å²) in [6.07, 6.45) is 1.24. The molecule has 0 aliphatic heterocycles. The molecule has 0 aliphatic carbocycles. The molecule has 152 valence electrons. The lowest BCUT2D eigenvalue weighted by Crippen LogP contribution is -2.17. The minimum atomic E-state index is -0.505. The molecule has 3 aromatic carbocycles. The zero-order valence-corrected chi connectivity index (χ0v) is 16.8. The molecule has 0 atom stereocenters. The average Bonchev–Trinajstić information content (AvgIpc) is 2.75. The third kappa shape index (κ3) is 5.42. The van der Waals surface area contributed by atoms with Crippen LogP contribution >= 0.6 is 11.6 Å². The van der Waals surface area contributed by atoms with Crippen LogP contribution in [0.1, 0.15) is 27.0 Å². The monoisotopic (exact) mass is 423 g/mol. The van der Waals surface area contributed by atoms with Crippen LogP contribution in [0.25, 0.3) is 0 Å². The first-order valence-electron chi connectivity index (χ1n) is 8.99. The van der Waals surface area contributed by atoms with Crippen LogP contribution in [0.5, 0.6) is 5.75 Å². The van der Waals surface area contributed by atoms with Gasteiger partial charge in [-0.05, 0) is 54.4 Å². The lowest BCUT2D eigenvalue weighted by Gasteiger charge is -2.08. The van der Waals surface area contributed by atoms with Crippen molar-refractivity contribution < 1.29 is 14.5 Å². The van der Waals surface area contributed by atoms with Crippen LogP contribution in [-0.4, -0.2) is 17.0 Å². The molecule has 0 fully saturated rings. The van der Waals surface area contributed by atoms with E-state index in [0.29, 0.717) is 28.5 Å². The molecular weight excluding hydrogens is 406 g/mol. The number of halogens is 1. The highest BCUT2D eigenvalue weighted by atomic mass is 35.5. The number of carbonyl (C=O) groups excluding carboxylic acids is 1. The number of hydrazone groups is 1. The van der Waals surface area contributed by atoms with E-state index in [1.165, 1.54) is 12.3 Å². The number of nitrogens with one attached hydrogen (secondary N) is 1. The minimum Gasteiger partial charge on any atom is -0.489 e. The third-order valence-corrected chi connectivity index (χ3v) is 4.68. The number of carbonyl (C=O) groups is 1. The van der Waals surface area contributed by atoms with Gasteiger partial charge in [-0.25, -0.2) is 5.43 Å². The van der Waals surface area contributed by atoms with Crippen molar-refractivity contribution in [1.29, 1.82) is 0 Å². The highest BCUT2D eigenvalue weighted by molar-refractivity contribution is 6.31. The van der Waals surface area contributed by atoms with E-state index < -0.39 is 10.8 Å². The predicted octanol–water partition coefficient (Wildman–Crippen LogP) is 4.90. The van der Waals surface area contributed by atoms with Gasteiger partial charge in [0, 0.05) is 16.7 Å². The first-order chi connectivity index (χ1) is 14.4. The fourth-order valence-corrected chi connectivity index (χ4v) is 2.73. The van der Waals surface area contributed by atoms with E-state index in [9.17, 15) is 14.9 Å². The van der Waals surface area contributed by atoms with E-state index >= 15 is 0 Å². The number of ether oxygens (including phenoxy) is 1. The second kappa shape index (κ2) is 9.67. The highest BCUT2D eigenvalue weighted by Gasteiger charge is 2.10. The van der Waals surface area contributed by atoms with Gasteiger partial charge in [-0.1, -0.05) is 35.9 Å². The number of hydrogen-bond donors (Lipinski definition) is 1. The van der Waals surface area contributed by atoms with E-state index in [-0.39, 0.29) is 5.69 Å². The van der Waals surface area contributed by atoms with Crippen molar-refractivity contribution in [3.63, 3.8) is 0 Å². The molecular formula is C22H18ClN3O4. The molecule has 0 bridgehead atoms. The quantitative estimate of drug-likeness (QED) is 0.332. The van der Waals surface area contributed by atoms with Crippen molar-refractivity contribution in [3.8, 4) is 5.75 Å². The molecule has 0 saturated heterocycles. The fourth-order valence-electron chi connectivity index (χ4n) is 2.61. The second-order valence-electron chi connectivity index (χ2n) is 6.41. The Bertz CT molecular complexity index is 1100. The van der Waals surface area contributed by atoms with Gasteiger partial charge in [0.25, 0.3) is 11.6 Å². The second-order valence-corrected chi connectivity index (χ2v) is 6.82. The van der Waals surface area contributed by atoms with Gasteiger partial charge in [0.1, 0.15) is 12.4 Å². The van der Waals surface area contributed by atoms with Crippen LogP contribution in [0.3, 0.4) is 0 Å². The third-order valence-electron chi connectivity index (χ3n) is 4.25. The lowest BCUT2D eigenvalue weighted by atomic mass is 10.1. The van der Waals surface area contributed by atoms with Gasteiger partial charge in [0.05, 0.1) is 16.7 Å². The van der Waals surface area contributed by atoms with Gasteiger partial charge in [-0.15, -0.1) is 0 Å². The molecule has 0 radical (unpaired) electrons. The molecule has 1 N–H and O–H groups in total. The number of aryl methyl sites for hydroxylation is 1. The normalized spacial score (nSPS) is 10.7. The van der Waals surface area contributed by atoms with Gasteiger partial charge in [-0.2, -0.15) is 5.10 Å². The Balaban J connectivity index is 1.57. The van der Waals surface area contributed by atoms with Crippen LogP contribution < -0.4 is 10.2 Å². The van der Waals surface area contributed by atoms with Crippen LogP contribution in [0.2, 0.25) is 5.02 Å². The number of nitro benzene ring substituents is 1. The average molecular weight is 424 g/mol. The van der Waals surface area contributed by atoms with Gasteiger partial charge in [0.15, 0.2) is 0 Å². The Morgan fingerprint density at radius 2 is 1.90 bits per heavy atom. The maximum Gasteiger partial charge on any atom is 0.278 e. The molecule has 0 spiro atoms. The summed E-state index contributed by atoms with van der Waals surface area (Å²) in [4.78, 5) is 22.7. The zero-order valence-electron chi connectivity index (χ0n) is 16.0. The molecule has 3 rings (SSSR count). The SMILES string of the molecule is Cc1cc(OCc2ccc(C(=O)N/N=C/c3ccccc3[N+](=O)[O-])cc2)ccc1Cl. The largest absolute Gasteiger partial charge is 0.489 e. The standard InChI is InChI=1S/C22H18ClN3O4/c1-15-12-19(10-11-20(15)23)30-14-16-6-8-17(9-7-16)22(27)25-24-13-18-4-2-3-5-21(18)26(28)29/h2-13H,14H2,1H3,(H,25,27)/b24-13+. The van der Waals surface area contributed by atoms with Crippen molar-refractivity contribution in [1.82, 2.24) is 5.43 Å². The van der Waals surface area contributed by atoms with E-state index in [0.717, 1.165) is 11.1 Å². The first kappa shape index (κ1) is 21.0. The molecule has 7 nitrogen and oxygen atoms in total. The summed E-state index contributed by atoms with van der Waals surface area (Å²) < 4.78 is 5.73. The molecule has 1 amide bonds. The Morgan fingerprint density at radius 1 is 1.17 bits per heavy atom. The molecule has 0 aliphatic rings. The van der Waals surface area contributed by atoms with Crippen molar-refractivity contribution in [2.75, 3.05) is 0 Å². The van der Waals surface area contributed by atoms with Crippen LogP contribution in [0, 0.1) is 17.0 Å². The maximum absolute atomic E-state index is 12.2. The smallest absolute Gasteiger partial charge is 0.278 e. The van der Waals surface area contributed by atoms with Crippen molar-refractivity contribution in [2.24, 2.45) is 5.10 Å². The summed E-state index contributed by atoms with van der Waals surface area (Å²) in [5.41, 5.74) is 4.81. The van der Waals surface area contributed by atoms with E-state index in [1.807, 2.05) is 13.0 Å². The molecule has 8 heteroatoms. The van der Waals surface area contributed by atoms with Gasteiger partial charge in [0.2, 0.25) is 0 Å².